The molecule has 14 heavy (non-hydrogen) atoms. The third kappa shape index (κ3) is 2.48. The fourth-order valence-corrected chi connectivity index (χ4v) is 2.87. The van der Waals surface area contributed by atoms with Crippen LogP contribution in [0.2, 0.25) is 0 Å². The molecule has 1 aromatic rings. The Kier molecular flexibility index (Phi) is 3.08. The first kappa shape index (κ1) is 9.98. The maximum absolute atomic E-state index is 4.50. The molecule has 1 aliphatic heterocycles. The molecule has 0 aliphatic carbocycles. The third-order valence-corrected chi connectivity index (χ3v) is 3.97. The minimum Gasteiger partial charge on any atom is -0.362 e. The highest BCUT2D eigenvalue weighted by Gasteiger charge is 2.14. The number of aromatic nitrogens is 1. The van der Waals surface area contributed by atoms with Crippen LogP contribution < -0.4 is 5.32 Å². The summed E-state index contributed by atoms with van der Waals surface area (Å²) in [5, 5.41) is 5.51. The summed E-state index contributed by atoms with van der Waals surface area (Å²) in [5.41, 5.74) is 0. The van der Waals surface area contributed by atoms with Gasteiger partial charge in [-0.3, -0.25) is 4.99 Å². The summed E-state index contributed by atoms with van der Waals surface area (Å²) >= 11 is 3.52. The predicted octanol–water partition coefficient (Wildman–Crippen LogP) is 2.03. The normalized spacial score (nSPS) is 24.1. The molecule has 0 saturated carbocycles. The topological polar surface area (TPSA) is 37.3 Å². The van der Waals surface area contributed by atoms with Gasteiger partial charge in [-0.15, -0.1) is 11.3 Å². The molecule has 1 fully saturated rings. The van der Waals surface area contributed by atoms with Crippen molar-refractivity contribution < 1.29 is 0 Å². The molecule has 1 unspecified atom stereocenters. The highest BCUT2D eigenvalue weighted by molar-refractivity contribution is 8.14. The second-order valence-electron chi connectivity index (χ2n) is 3.32. The maximum Gasteiger partial charge on any atom is 0.157 e. The number of aliphatic imine (C=N–C) groups is 1. The first-order valence-electron chi connectivity index (χ1n) is 4.59. The SMILES string of the molecule is Cc1ncc(CN=C2NC(C)CS2)s1. The van der Waals surface area contributed by atoms with E-state index in [9.17, 15) is 0 Å². The number of nitrogens with zero attached hydrogens (tertiary/aromatic N) is 2. The second-order valence-corrected chi connectivity index (χ2v) is 5.65. The summed E-state index contributed by atoms with van der Waals surface area (Å²) in [7, 11) is 0. The van der Waals surface area contributed by atoms with Crippen LogP contribution in [0.5, 0.6) is 0 Å². The molecule has 1 atom stereocenters. The Bertz CT molecular complexity index is 346. The molecular formula is C9H13N3S2. The monoisotopic (exact) mass is 227 g/mol. The Balaban J connectivity index is 1.93. The van der Waals surface area contributed by atoms with Gasteiger partial charge in [0.15, 0.2) is 5.17 Å². The molecule has 2 heterocycles. The molecule has 0 radical (unpaired) electrons. The predicted molar refractivity (Wildman–Crippen MR) is 63.0 cm³/mol. The first-order chi connectivity index (χ1) is 6.74. The zero-order valence-electron chi connectivity index (χ0n) is 8.28. The van der Waals surface area contributed by atoms with Gasteiger partial charge < -0.3 is 5.32 Å². The van der Waals surface area contributed by atoms with E-state index in [0.29, 0.717) is 6.04 Å². The van der Waals surface area contributed by atoms with E-state index in [-0.39, 0.29) is 0 Å². The Labute approximate surface area is 92.0 Å². The molecule has 3 nitrogen and oxygen atoms in total. The highest BCUT2D eigenvalue weighted by atomic mass is 32.2. The largest absolute Gasteiger partial charge is 0.362 e. The summed E-state index contributed by atoms with van der Waals surface area (Å²) in [6, 6.07) is 0.557. The fourth-order valence-electron chi connectivity index (χ4n) is 1.22. The van der Waals surface area contributed by atoms with Crippen LogP contribution in [0.15, 0.2) is 11.2 Å². The van der Waals surface area contributed by atoms with E-state index in [1.54, 1.807) is 23.1 Å². The molecule has 2 rings (SSSR count). The molecule has 0 amide bonds. The van der Waals surface area contributed by atoms with E-state index in [1.807, 2.05) is 13.1 Å². The fraction of sp³-hybridized carbons (Fsp3) is 0.556. The number of hydrogen-bond donors (Lipinski definition) is 1. The van der Waals surface area contributed by atoms with E-state index in [2.05, 4.69) is 22.2 Å². The van der Waals surface area contributed by atoms with Crippen molar-refractivity contribution in [1.82, 2.24) is 10.3 Å². The Hall–Kier alpha value is -0.550. The van der Waals surface area contributed by atoms with E-state index in [1.165, 1.54) is 4.88 Å². The molecule has 1 N–H and O–H groups in total. The Morgan fingerprint density at radius 2 is 2.57 bits per heavy atom. The number of hydrogen-bond acceptors (Lipinski definition) is 4. The molecule has 1 aliphatic rings. The smallest absolute Gasteiger partial charge is 0.157 e. The average molecular weight is 227 g/mol. The second kappa shape index (κ2) is 4.31. The first-order valence-corrected chi connectivity index (χ1v) is 6.39. The van der Waals surface area contributed by atoms with Crippen LogP contribution in [-0.4, -0.2) is 21.9 Å². The standard InChI is InChI=1S/C9H13N3S2/c1-6-5-13-9(12-6)11-4-8-3-10-7(2)14-8/h3,6H,4-5H2,1-2H3,(H,11,12). The Morgan fingerprint density at radius 1 is 1.71 bits per heavy atom. The van der Waals surface area contributed by atoms with E-state index < -0.39 is 0 Å². The minimum absolute atomic E-state index is 0.557. The van der Waals surface area contributed by atoms with Crippen LogP contribution in [0.1, 0.15) is 16.8 Å². The van der Waals surface area contributed by atoms with Gasteiger partial charge in [0.2, 0.25) is 0 Å². The molecule has 0 aromatic carbocycles. The number of amidine groups is 1. The summed E-state index contributed by atoms with van der Waals surface area (Å²) in [6.45, 7) is 4.95. The van der Waals surface area contributed by atoms with Crippen molar-refractivity contribution >= 4 is 28.3 Å². The van der Waals surface area contributed by atoms with Crippen LogP contribution >= 0.6 is 23.1 Å². The summed E-state index contributed by atoms with van der Waals surface area (Å²) in [5.74, 6) is 1.13. The number of thioether (sulfide) groups is 1. The molecule has 76 valence electrons. The van der Waals surface area contributed by atoms with Gasteiger partial charge in [0, 0.05) is 22.9 Å². The Morgan fingerprint density at radius 3 is 3.14 bits per heavy atom. The highest BCUT2D eigenvalue weighted by Crippen LogP contribution is 2.16. The molecule has 0 bridgehead atoms. The van der Waals surface area contributed by atoms with Crippen molar-refractivity contribution in [3.05, 3.63) is 16.1 Å². The molecule has 5 heteroatoms. The third-order valence-electron chi connectivity index (χ3n) is 1.89. The average Bonchev–Trinajstić information content (AvgIpc) is 2.72. The molecule has 1 aromatic heterocycles. The van der Waals surface area contributed by atoms with E-state index >= 15 is 0 Å². The number of aryl methyl sites for hydroxylation is 1. The number of thiazole rings is 1. The van der Waals surface area contributed by atoms with Gasteiger partial charge in [-0.2, -0.15) is 0 Å². The van der Waals surface area contributed by atoms with Gasteiger partial charge in [0.1, 0.15) is 0 Å². The van der Waals surface area contributed by atoms with Gasteiger partial charge in [-0.25, -0.2) is 4.98 Å². The van der Waals surface area contributed by atoms with Gasteiger partial charge in [0.05, 0.1) is 11.6 Å². The lowest BCUT2D eigenvalue weighted by molar-refractivity contribution is 0.764. The van der Waals surface area contributed by atoms with Crippen LogP contribution in [-0.2, 0) is 6.54 Å². The van der Waals surface area contributed by atoms with Crippen LogP contribution in [0.25, 0.3) is 0 Å². The number of nitrogens with one attached hydrogen (secondary N) is 1. The van der Waals surface area contributed by atoms with Crippen LogP contribution in [0, 0.1) is 6.92 Å². The molecule has 0 spiro atoms. The van der Waals surface area contributed by atoms with Gasteiger partial charge in [0.25, 0.3) is 0 Å². The zero-order valence-corrected chi connectivity index (χ0v) is 9.91. The number of rotatable bonds is 2. The van der Waals surface area contributed by atoms with Crippen LogP contribution in [0.4, 0.5) is 0 Å². The van der Waals surface area contributed by atoms with Gasteiger partial charge >= 0.3 is 0 Å². The van der Waals surface area contributed by atoms with E-state index in [0.717, 1.165) is 22.5 Å². The van der Waals surface area contributed by atoms with Crippen LogP contribution in [0.3, 0.4) is 0 Å². The molecular weight excluding hydrogens is 214 g/mol. The molecule has 1 saturated heterocycles. The van der Waals surface area contributed by atoms with Crippen molar-refractivity contribution in [2.24, 2.45) is 4.99 Å². The van der Waals surface area contributed by atoms with Crippen molar-refractivity contribution in [3.8, 4) is 0 Å². The van der Waals surface area contributed by atoms with Crippen molar-refractivity contribution in [3.63, 3.8) is 0 Å². The van der Waals surface area contributed by atoms with Gasteiger partial charge in [-0.05, 0) is 13.8 Å². The lowest BCUT2D eigenvalue weighted by Gasteiger charge is -1.99. The lowest BCUT2D eigenvalue weighted by atomic mass is 10.4. The quantitative estimate of drug-likeness (QED) is 0.840. The summed E-state index contributed by atoms with van der Waals surface area (Å²) in [6.07, 6.45) is 1.91. The maximum atomic E-state index is 4.50. The summed E-state index contributed by atoms with van der Waals surface area (Å²) < 4.78 is 0. The van der Waals surface area contributed by atoms with Crippen molar-refractivity contribution in [2.75, 3.05) is 5.75 Å². The zero-order chi connectivity index (χ0) is 9.97. The van der Waals surface area contributed by atoms with Crippen molar-refractivity contribution in [2.45, 2.75) is 26.4 Å². The summed E-state index contributed by atoms with van der Waals surface area (Å²) in [4.78, 5) is 9.93. The lowest BCUT2D eigenvalue weighted by Crippen LogP contribution is -2.23. The van der Waals surface area contributed by atoms with Gasteiger partial charge in [-0.1, -0.05) is 11.8 Å². The minimum atomic E-state index is 0.557. The van der Waals surface area contributed by atoms with Crippen molar-refractivity contribution in [1.29, 1.82) is 0 Å². The van der Waals surface area contributed by atoms with E-state index in [4.69, 9.17) is 0 Å².